The number of nitrogens with one attached hydrogen (secondary N) is 1. The Balaban J connectivity index is 2.75. The highest BCUT2D eigenvalue weighted by atomic mass is 16.5. The summed E-state index contributed by atoms with van der Waals surface area (Å²) in [5, 5.41) is 11.8. The van der Waals surface area contributed by atoms with Gasteiger partial charge in [-0.3, -0.25) is 14.2 Å². The highest BCUT2D eigenvalue weighted by Gasteiger charge is 2.19. The number of aliphatic carboxylic acids is 1. The van der Waals surface area contributed by atoms with Crippen LogP contribution < -0.4 is 15.6 Å². The maximum absolute atomic E-state index is 12.2. The van der Waals surface area contributed by atoms with E-state index in [1.807, 2.05) is 6.92 Å². The molecule has 0 spiro atoms. The Labute approximate surface area is 128 Å². The third kappa shape index (κ3) is 4.91. The maximum Gasteiger partial charge on any atom is 0.326 e. The molecule has 1 aromatic rings. The zero-order valence-corrected chi connectivity index (χ0v) is 12.9. The number of rotatable bonds is 9. The van der Waals surface area contributed by atoms with E-state index in [1.54, 1.807) is 6.92 Å². The molecular formula is C15H22N2O5. The number of ether oxygens (including phenoxy) is 1. The number of nitrogens with zero attached hydrogens (tertiary/aromatic N) is 1. The van der Waals surface area contributed by atoms with Gasteiger partial charge in [-0.25, -0.2) is 4.79 Å². The zero-order valence-electron chi connectivity index (χ0n) is 12.9. The molecule has 0 aliphatic heterocycles. The first-order valence-corrected chi connectivity index (χ1v) is 7.34. The molecular weight excluding hydrogens is 288 g/mol. The minimum Gasteiger partial charge on any atom is -0.480 e. The summed E-state index contributed by atoms with van der Waals surface area (Å²) in [6.07, 6.45) is 3.52. The van der Waals surface area contributed by atoms with Gasteiger partial charge in [0.25, 0.3) is 11.5 Å². The number of pyridine rings is 1. The fraction of sp³-hybridized carbons (Fsp3) is 0.533. The molecule has 1 unspecified atom stereocenters. The van der Waals surface area contributed by atoms with Gasteiger partial charge in [-0.1, -0.05) is 20.3 Å². The largest absolute Gasteiger partial charge is 0.480 e. The summed E-state index contributed by atoms with van der Waals surface area (Å²) in [5.74, 6) is -1.43. The van der Waals surface area contributed by atoms with E-state index in [0.717, 1.165) is 17.4 Å². The zero-order chi connectivity index (χ0) is 16.5. The summed E-state index contributed by atoms with van der Waals surface area (Å²) < 4.78 is 6.31. The van der Waals surface area contributed by atoms with Gasteiger partial charge in [-0.05, 0) is 25.0 Å². The molecule has 0 saturated carbocycles. The van der Waals surface area contributed by atoms with Crippen molar-refractivity contribution >= 4 is 11.9 Å². The maximum atomic E-state index is 12.2. The van der Waals surface area contributed by atoms with Gasteiger partial charge in [-0.2, -0.15) is 0 Å². The number of hydrogen-bond acceptors (Lipinski definition) is 4. The van der Waals surface area contributed by atoms with E-state index in [1.165, 1.54) is 18.3 Å². The molecule has 22 heavy (non-hydrogen) atoms. The Hall–Kier alpha value is -2.31. The average Bonchev–Trinajstić information content (AvgIpc) is 2.48. The predicted molar refractivity (Wildman–Crippen MR) is 81.1 cm³/mol. The number of carbonyl (C=O) groups is 2. The lowest BCUT2D eigenvalue weighted by Gasteiger charge is -2.14. The van der Waals surface area contributed by atoms with Crippen molar-refractivity contribution in [1.29, 1.82) is 0 Å². The summed E-state index contributed by atoms with van der Waals surface area (Å²) in [6, 6.07) is 2.00. The second kappa shape index (κ2) is 8.86. The Bertz CT molecular complexity index is 567. The molecule has 0 bridgehead atoms. The van der Waals surface area contributed by atoms with Crippen LogP contribution >= 0.6 is 0 Å². The van der Waals surface area contributed by atoms with Crippen molar-refractivity contribution in [2.45, 2.75) is 39.2 Å². The molecule has 1 aromatic heterocycles. The molecule has 7 nitrogen and oxygen atoms in total. The molecule has 7 heteroatoms. The third-order valence-corrected chi connectivity index (χ3v) is 3.16. The first-order chi connectivity index (χ1) is 10.5. The second-order valence-corrected chi connectivity index (χ2v) is 4.84. The quantitative estimate of drug-likeness (QED) is 0.667. The van der Waals surface area contributed by atoms with Gasteiger partial charge in [0.05, 0.1) is 0 Å². The Morgan fingerprint density at radius 2 is 2.14 bits per heavy atom. The fourth-order valence-corrected chi connectivity index (χ4v) is 1.93. The SMILES string of the molecule is CCCCNC(=O)COc1cccn(C(CC)C(=O)O)c1=O. The molecule has 1 amide bonds. The predicted octanol–water partition coefficient (Wildman–Crippen LogP) is 1.18. The summed E-state index contributed by atoms with van der Waals surface area (Å²) in [7, 11) is 0. The van der Waals surface area contributed by atoms with E-state index in [2.05, 4.69) is 5.32 Å². The molecule has 0 radical (unpaired) electrons. The van der Waals surface area contributed by atoms with Crippen molar-refractivity contribution < 1.29 is 19.4 Å². The van der Waals surface area contributed by atoms with Gasteiger partial charge in [0.15, 0.2) is 12.4 Å². The van der Waals surface area contributed by atoms with Crippen molar-refractivity contribution in [3.05, 3.63) is 28.7 Å². The number of carboxylic acids is 1. The average molecular weight is 310 g/mol. The van der Waals surface area contributed by atoms with E-state index >= 15 is 0 Å². The van der Waals surface area contributed by atoms with Crippen LogP contribution in [0.2, 0.25) is 0 Å². The number of unbranched alkanes of at least 4 members (excludes halogenated alkanes) is 1. The van der Waals surface area contributed by atoms with Gasteiger partial charge in [0, 0.05) is 12.7 Å². The van der Waals surface area contributed by atoms with Crippen LogP contribution in [0, 0.1) is 0 Å². The summed E-state index contributed by atoms with van der Waals surface area (Å²) >= 11 is 0. The molecule has 0 aliphatic rings. The summed E-state index contributed by atoms with van der Waals surface area (Å²) in [4.78, 5) is 34.9. The van der Waals surface area contributed by atoms with Crippen LogP contribution in [0.3, 0.4) is 0 Å². The van der Waals surface area contributed by atoms with Gasteiger partial charge in [0.1, 0.15) is 6.04 Å². The minimum absolute atomic E-state index is 0.0344. The van der Waals surface area contributed by atoms with Crippen LogP contribution in [-0.4, -0.2) is 34.7 Å². The highest BCUT2D eigenvalue weighted by molar-refractivity contribution is 5.77. The van der Waals surface area contributed by atoms with Crippen molar-refractivity contribution in [3.8, 4) is 5.75 Å². The third-order valence-electron chi connectivity index (χ3n) is 3.16. The first-order valence-electron chi connectivity index (χ1n) is 7.34. The normalized spacial score (nSPS) is 11.7. The van der Waals surface area contributed by atoms with E-state index < -0.39 is 17.6 Å². The molecule has 122 valence electrons. The van der Waals surface area contributed by atoms with Crippen LogP contribution in [0.15, 0.2) is 23.1 Å². The molecule has 0 aromatic carbocycles. The molecule has 1 heterocycles. The number of amides is 1. The van der Waals surface area contributed by atoms with Crippen molar-refractivity contribution in [2.24, 2.45) is 0 Å². The van der Waals surface area contributed by atoms with E-state index in [9.17, 15) is 14.4 Å². The van der Waals surface area contributed by atoms with Gasteiger partial charge in [0.2, 0.25) is 0 Å². The van der Waals surface area contributed by atoms with Crippen LogP contribution in [0.1, 0.15) is 39.2 Å². The number of aromatic nitrogens is 1. The van der Waals surface area contributed by atoms with Crippen LogP contribution in [0.5, 0.6) is 5.75 Å². The lowest BCUT2D eigenvalue weighted by Crippen LogP contribution is -2.33. The van der Waals surface area contributed by atoms with Gasteiger partial charge >= 0.3 is 5.97 Å². The fourth-order valence-electron chi connectivity index (χ4n) is 1.93. The summed E-state index contributed by atoms with van der Waals surface area (Å²) in [6.45, 7) is 3.99. The molecule has 1 atom stereocenters. The van der Waals surface area contributed by atoms with E-state index in [-0.39, 0.29) is 24.7 Å². The smallest absolute Gasteiger partial charge is 0.326 e. The standard InChI is InChI=1S/C15H22N2O5/c1-3-5-8-16-13(18)10-22-12-7-6-9-17(14(12)19)11(4-2)15(20)21/h6-7,9,11H,3-5,8,10H2,1-2H3,(H,16,18)(H,20,21). The lowest BCUT2D eigenvalue weighted by atomic mass is 10.2. The second-order valence-electron chi connectivity index (χ2n) is 4.84. The topological polar surface area (TPSA) is 97.6 Å². The molecule has 0 saturated heterocycles. The molecule has 0 fully saturated rings. The van der Waals surface area contributed by atoms with Gasteiger partial charge in [-0.15, -0.1) is 0 Å². The van der Waals surface area contributed by atoms with Crippen molar-refractivity contribution in [2.75, 3.05) is 13.2 Å². The number of carboxylic acid groups (broad SMARTS) is 1. The van der Waals surface area contributed by atoms with Crippen LogP contribution in [-0.2, 0) is 9.59 Å². The van der Waals surface area contributed by atoms with Gasteiger partial charge < -0.3 is 15.2 Å². The van der Waals surface area contributed by atoms with E-state index in [0.29, 0.717) is 6.54 Å². The highest BCUT2D eigenvalue weighted by Crippen LogP contribution is 2.11. The van der Waals surface area contributed by atoms with Crippen LogP contribution in [0.25, 0.3) is 0 Å². The first kappa shape index (κ1) is 17.7. The van der Waals surface area contributed by atoms with Crippen molar-refractivity contribution in [1.82, 2.24) is 9.88 Å². The Morgan fingerprint density at radius 3 is 2.73 bits per heavy atom. The Kier molecular flexibility index (Phi) is 7.15. The number of hydrogen-bond donors (Lipinski definition) is 2. The van der Waals surface area contributed by atoms with Crippen LogP contribution in [0.4, 0.5) is 0 Å². The molecule has 2 N–H and O–H groups in total. The summed E-state index contributed by atoms with van der Waals surface area (Å²) in [5.41, 5.74) is -0.557. The number of carbonyl (C=O) groups excluding carboxylic acids is 1. The Morgan fingerprint density at radius 1 is 1.41 bits per heavy atom. The lowest BCUT2D eigenvalue weighted by molar-refractivity contribution is -0.141. The minimum atomic E-state index is -1.08. The monoisotopic (exact) mass is 310 g/mol. The molecule has 0 aliphatic carbocycles. The van der Waals surface area contributed by atoms with E-state index in [4.69, 9.17) is 9.84 Å². The molecule has 1 rings (SSSR count). The van der Waals surface area contributed by atoms with Crippen molar-refractivity contribution in [3.63, 3.8) is 0 Å².